The summed E-state index contributed by atoms with van der Waals surface area (Å²) >= 11 is 0. The molecule has 1 unspecified atom stereocenters. The third-order valence-corrected chi connectivity index (χ3v) is 3.07. The van der Waals surface area contributed by atoms with E-state index in [-0.39, 0.29) is 6.04 Å². The third kappa shape index (κ3) is 3.58. The summed E-state index contributed by atoms with van der Waals surface area (Å²) in [5.41, 5.74) is 1.21. The third-order valence-electron chi connectivity index (χ3n) is 3.07. The molecule has 1 heterocycles. The lowest BCUT2D eigenvalue weighted by Gasteiger charge is -2.20. The van der Waals surface area contributed by atoms with Gasteiger partial charge in [0, 0.05) is 24.0 Å². The highest BCUT2D eigenvalue weighted by Gasteiger charge is 2.13. The fourth-order valence-electron chi connectivity index (χ4n) is 2.14. The maximum atomic E-state index is 5.69. The number of imidazole rings is 1. The number of ether oxygens (including phenoxy) is 1. The van der Waals surface area contributed by atoms with Crippen molar-refractivity contribution in [3.05, 3.63) is 48.0 Å². The molecule has 1 atom stereocenters. The minimum absolute atomic E-state index is 0.271. The molecule has 4 heteroatoms. The van der Waals surface area contributed by atoms with Gasteiger partial charge < -0.3 is 15.0 Å². The fourth-order valence-corrected chi connectivity index (χ4v) is 2.14. The molecule has 0 aliphatic heterocycles. The second-order valence-corrected chi connectivity index (χ2v) is 4.35. The van der Waals surface area contributed by atoms with Crippen molar-refractivity contribution in [1.82, 2.24) is 15.3 Å². The second-order valence-electron chi connectivity index (χ2n) is 4.35. The number of nitrogens with zero attached hydrogens (tertiary/aromatic N) is 1. The zero-order chi connectivity index (χ0) is 13.5. The van der Waals surface area contributed by atoms with Crippen molar-refractivity contribution in [3.63, 3.8) is 0 Å². The molecule has 102 valence electrons. The van der Waals surface area contributed by atoms with Crippen LogP contribution in [0.25, 0.3) is 0 Å². The Morgan fingerprint density at radius 3 is 2.84 bits per heavy atom. The van der Waals surface area contributed by atoms with Crippen LogP contribution < -0.4 is 10.1 Å². The normalized spacial score (nSPS) is 12.3. The number of aromatic amines is 1. The average molecular weight is 259 g/mol. The van der Waals surface area contributed by atoms with Crippen LogP contribution in [-0.2, 0) is 6.54 Å². The lowest BCUT2D eigenvalue weighted by Crippen LogP contribution is -2.21. The minimum Gasteiger partial charge on any atom is -0.494 e. The van der Waals surface area contributed by atoms with E-state index in [0.717, 1.165) is 24.5 Å². The Morgan fingerprint density at radius 1 is 1.32 bits per heavy atom. The quantitative estimate of drug-likeness (QED) is 0.803. The molecular weight excluding hydrogens is 238 g/mol. The number of hydrogen-bond acceptors (Lipinski definition) is 3. The van der Waals surface area contributed by atoms with Gasteiger partial charge in [0.05, 0.1) is 13.2 Å². The van der Waals surface area contributed by atoms with Gasteiger partial charge in [-0.3, -0.25) is 0 Å². The summed E-state index contributed by atoms with van der Waals surface area (Å²) in [6.07, 6.45) is 4.61. The van der Waals surface area contributed by atoms with Crippen LogP contribution in [0, 0.1) is 0 Å². The van der Waals surface area contributed by atoms with Gasteiger partial charge in [0.15, 0.2) is 0 Å². The number of nitrogens with one attached hydrogen (secondary N) is 2. The summed E-state index contributed by atoms with van der Waals surface area (Å²) in [5, 5.41) is 3.51. The topological polar surface area (TPSA) is 49.9 Å². The van der Waals surface area contributed by atoms with Crippen molar-refractivity contribution in [2.45, 2.75) is 32.9 Å². The van der Waals surface area contributed by atoms with E-state index in [0.29, 0.717) is 6.61 Å². The summed E-state index contributed by atoms with van der Waals surface area (Å²) in [7, 11) is 0. The first-order valence-electron chi connectivity index (χ1n) is 6.78. The van der Waals surface area contributed by atoms with Crippen LogP contribution in [0.1, 0.15) is 37.7 Å². The van der Waals surface area contributed by atoms with Crippen LogP contribution in [0.3, 0.4) is 0 Å². The van der Waals surface area contributed by atoms with Gasteiger partial charge in [-0.15, -0.1) is 0 Å². The van der Waals surface area contributed by atoms with E-state index in [1.807, 2.05) is 25.3 Å². The van der Waals surface area contributed by atoms with Crippen LogP contribution in [0.15, 0.2) is 36.7 Å². The van der Waals surface area contributed by atoms with Crippen molar-refractivity contribution in [2.75, 3.05) is 6.61 Å². The minimum atomic E-state index is 0.271. The number of H-pyrrole nitrogens is 1. The highest BCUT2D eigenvalue weighted by molar-refractivity contribution is 5.35. The van der Waals surface area contributed by atoms with E-state index in [1.165, 1.54) is 5.56 Å². The Hall–Kier alpha value is -1.81. The van der Waals surface area contributed by atoms with E-state index in [4.69, 9.17) is 4.74 Å². The summed E-state index contributed by atoms with van der Waals surface area (Å²) < 4.78 is 5.69. The lowest BCUT2D eigenvalue weighted by atomic mass is 10.0. The zero-order valence-electron chi connectivity index (χ0n) is 11.5. The van der Waals surface area contributed by atoms with Crippen molar-refractivity contribution in [2.24, 2.45) is 0 Å². The van der Waals surface area contributed by atoms with Crippen molar-refractivity contribution in [1.29, 1.82) is 0 Å². The molecule has 0 aliphatic rings. The molecule has 0 bridgehead atoms. The molecule has 0 saturated carbocycles. The first kappa shape index (κ1) is 13.6. The highest BCUT2D eigenvalue weighted by atomic mass is 16.5. The molecule has 4 nitrogen and oxygen atoms in total. The first-order chi connectivity index (χ1) is 9.35. The van der Waals surface area contributed by atoms with Gasteiger partial charge >= 0.3 is 0 Å². The molecule has 0 radical (unpaired) electrons. The molecule has 1 aromatic heterocycles. The number of para-hydroxylation sites is 1. The molecule has 0 spiro atoms. The maximum absolute atomic E-state index is 5.69. The molecule has 2 aromatic rings. The maximum Gasteiger partial charge on any atom is 0.124 e. The average Bonchev–Trinajstić information content (AvgIpc) is 2.95. The zero-order valence-corrected chi connectivity index (χ0v) is 11.5. The fraction of sp³-hybridized carbons (Fsp3) is 0.400. The molecule has 0 fully saturated rings. The van der Waals surface area contributed by atoms with Crippen LogP contribution in [0.5, 0.6) is 5.75 Å². The van der Waals surface area contributed by atoms with Gasteiger partial charge in [0.2, 0.25) is 0 Å². The number of benzene rings is 1. The van der Waals surface area contributed by atoms with Gasteiger partial charge in [-0.1, -0.05) is 25.1 Å². The van der Waals surface area contributed by atoms with Crippen molar-refractivity contribution in [3.8, 4) is 5.75 Å². The molecule has 19 heavy (non-hydrogen) atoms. The Kier molecular flexibility index (Phi) is 4.98. The van der Waals surface area contributed by atoms with E-state index >= 15 is 0 Å². The molecule has 1 aromatic carbocycles. The Balaban J connectivity index is 2.08. The van der Waals surface area contributed by atoms with Gasteiger partial charge in [0.1, 0.15) is 11.6 Å². The van der Waals surface area contributed by atoms with E-state index < -0.39 is 0 Å². The summed E-state index contributed by atoms with van der Waals surface area (Å²) in [4.78, 5) is 7.33. The largest absolute Gasteiger partial charge is 0.494 e. The van der Waals surface area contributed by atoms with Gasteiger partial charge in [-0.05, 0) is 19.4 Å². The Bertz CT molecular complexity index is 482. The molecule has 0 saturated heterocycles. The standard InChI is InChI=1S/C15H21N3O/c1-3-13(18-11-15-16-9-10-17-15)12-7-5-6-8-14(12)19-4-2/h5-10,13,18H,3-4,11H2,1-2H3,(H,16,17). The van der Waals surface area contributed by atoms with Crippen molar-refractivity contribution >= 4 is 0 Å². The number of rotatable bonds is 7. The monoisotopic (exact) mass is 259 g/mol. The predicted octanol–water partition coefficient (Wildman–Crippen LogP) is 3.05. The lowest BCUT2D eigenvalue weighted by molar-refractivity contribution is 0.330. The van der Waals surface area contributed by atoms with Crippen LogP contribution in [0.4, 0.5) is 0 Å². The summed E-state index contributed by atoms with van der Waals surface area (Å²) in [6, 6.07) is 8.47. The second kappa shape index (κ2) is 6.95. The molecule has 0 aliphatic carbocycles. The highest BCUT2D eigenvalue weighted by Crippen LogP contribution is 2.27. The Morgan fingerprint density at radius 2 is 2.16 bits per heavy atom. The van der Waals surface area contributed by atoms with Crippen molar-refractivity contribution < 1.29 is 4.74 Å². The number of hydrogen-bond donors (Lipinski definition) is 2. The van der Waals surface area contributed by atoms with Crippen LogP contribution in [-0.4, -0.2) is 16.6 Å². The molecule has 2 rings (SSSR count). The van der Waals surface area contributed by atoms with Gasteiger partial charge in [0.25, 0.3) is 0 Å². The Labute approximate surface area is 114 Å². The van der Waals surface area contributed by atoms with E-state index in [9.17, 15) is 0 Å². The molecule has 2 N–H and O–H groups in total. The van der Waals surface area contributed by atoms with E-state index in [2.05, 4.69) is 34.3 Å². The van der Waals surface area contributed by atoms with Crippen LogP contribution in [0.2, 0.25) is 0 Å². The SMILES string of the molecule is CCOc1ccccc1C(CC)NCc1ncc[nH]1. The number of aromatic nitrogens is 2. The smallest absolute Gasteiger partial charge is 0.124 e. The summed E-state index contributed by atoms with van der Waals surface area (Å²) in [5.74, 6) is 1.91. The predicted molar refractivity (Wildman–Crippen MR) is 76.1 cm³/mol. The van der Waals surface area contributed by atoms with Crippen LogP contribution >= 0.6 is 0 Å². The van der Waals surface area contributed by atoms with E-state index in [1.54, 1.807) is 6.20 Å². The molecular formula is C15H21N3O. The summed E-state index contributed by atoms with van der Waals surface area (Å²) in [6.45, 7) is 5.59. The van der Waals surface area contributed by atoms with Gasteiger partial charge in [-0.25, -0.2) is 4.98 Å². The first-order valence-corrected chi connectivity index (χ1v) is 6.78. The van der Waals surface area contributed by atoms with Gasteiger partial charge in [-0.2, -0.15) is 0 Å². The molecule has 0 amide bonds.